The number of hydrogen-bond acceptors (Lipinski definition) is 4. The van der Waals surface area contributed by atoms with Gasteiger partial charge in [-0.15, -0.1) is 11.3 Å². The third-order valence-corrected chi connectivity index (χ3v) is 6.24. The predicted octanol–water partition coefficient (Wildman–Crippen LogP) is 5.34. The lowest BCUT2D eigenvalue weighted by Gasteiger charge is -2.12. The average Bonchev–Trinajstić information content (AvgIpc) is 3.04. The van der Waals surface area contributed by atoms with Gasteiger partial charge in [-0.1, -0.05) is 48.0 Å². The number of nitrogens with one attached hydrogen (secondary N) is 1. The minimum absolute atomic E-state index is 0.144. The summed E-state index contributed by atoms with van der Waals surface area (Å²) in [5, 5.41) is 3.84. The summed E-state index contributed by atoms with van der Waals surface area (Å²) in [5.74, 6) is -0.333. The Morgan fingerprint density at radius 2 is 1.90 bits per heavy atom. The molecule has 7 heteroatoms. The largest absolute Gasteiger partial charge is 0.323 e. The van der Waals surface area contributed by atoms with Crippen molar-refractivity contribution in [3.05, 3.63) is 80.2 Å². The van der Waals surface area contributed by atoms with E-state index in [-0.39, 0.29) is 18.0 Å². The number of fused-ring (bicyclic) bond motifs is 1. The van der Waals surface area contributed by atoms with Gasteiger partial charge in [0.2, 0.25) is 5.91 Å². The van der Waals surface area contributed by atoms with Crippen LogP contribution in [-0.2, 0) is 11.3 Å². The lowest BCUT2D eigenvalue weighted by atomic mass is 10.0. The zero-order valence-corrected chi connectivity index (χ0v) is 18.4. The minimum atomic E-state index is -0.333. The molecule has 0 saturated carbocycles. The summed E-state index contributed by atoms with van der Waals surface area (Å²) in [6.07, 6.45) is 1.43. The molecular formula is C23H20ClN3O2S. The monoisotopic (exact) mass is 437 g/mol. The van der Waals surface area contributed by atoms with Gasteiger partial charge in [0.1, 0.15) is 11.4 Å². The quantitative estimate of drug-likeness (QED) is 0.468. The Hall–Kier alpha value is -2.96. The van der Waals surface area contributed by atoms with Gasteiger partial charge < -0.3 is 5.32 Å². The molecule has 0 spiro atoms. The second-order valence-electron chi connectivity index (χ2n) is 7.24. The Morgan fingerprint density at radius 3 is 2.60 bits per heavy atom. The third kappa shape index (κ3) is 3.76. The Labute approximate surface area is 183 Å². The summed E-state index contributed by atoms with van der Waals surface area (Å²) < 4.78 is 1.34. The van der Waals surface area contributed by atoms with Crippen LogP contribution in [0.5, 0.6) is 0 Å². The summed E-state index contributed by atoms with van der Waals surface area (Å²) in [7, 11) is 0. The van der Waals surface area contributed by atoms with Gasteiger partial charge in [-0.3, -0.25) is 14.2 Å². The van der Waals surface area contributed by atoms with Gasteiger partial charge in [-0.05, 0) is 43.5 Å². The number of nitrogens with zero attached hydrogens (tertiary/aromatic N) is 2. The smallest absolute Gasteiger partial charge is 0.263 e. The van der Waals surface area contributed by atoms with Crippen LogP contribution in [0.4, 0.5) is 5.69 Å². The Kier molecular flexibility index (Phi) is 5.45. The molecule has 5 nitrogen and oxygen atoms in total. The van der Waals surface area contributed by atoms with Gasteiger partial charge in [0, 0.05) is 10.4 Å². The minimum Gasteiger partial charge on any atom is -0.323 e. The van der Waals surface area contributed by atoms with Crippen LogP contribution >= 0.6 is 22.9 Å². The van der Waals surface area contributed by atoms with Crippen LogP contribution in [-0.4, -0.2) is 15.5 Å². The number of halogens is 1. The van der Waals surface area contributed by atoms with Crippen LogP contribution in [0.3, 0.4) is 0 Å². The highest BCUT2D eigenvalue weighted by atomic mass is 35.5. The van der Waals surface area contributed by atoms with E-state index >= 15 is 0 Å². The normalized spacial score (nSPS) is 11.1. The molecule has 0 aliphatic rings. The Bertz CT molecular complexity index is 1300. The Morgan fingerprint density at radius 1 is 1.17 bits per heavy atom. The maximum Gasteiger partial charge on any atom is 0.263 e. The number of thiophene rings is 1. The van der Waals surface area contributed by atoms with Crippen molar-refractivity contribution in [1.82, 2.24) is 9.55 Å². The molecule has 0 aliphatic carbocycles. The molecule has 0 bridgehead atoms. The summed E-state index contributed by atoms with van der Waals surface area (Å²) in [6, 6.07) is 13.5. The zero-order valence-electron chi connectivity index (χ0n) is 16.8. The van der Waals surface area contributed by atoms with Crippen LogP contribution in [0, 0.1) is 20.8 Å². The average molecular weight is 438 g/mol. The SMILES string of the molecule is Cc1cc(C)c(NC(=O)Cn2cnc3sc(C)c(-c4ccccc4)c3c2=O)c(Cl)c1. The van der Waals surface area contributed by atoms with Gasteiger partial charge in [-0.2, -0.15) is 0 Å². The van der Waals surface area contributed by atoms with Gasteiger partial charge in [-0.25, -0.2) is 4.98 Å². The first-order valence-electron chi connectivity index (χ1n) is 9.45. The standard InChI is InChI=1S/C23H20ClN3O2S/c1-13-9-14(2)21(17(24)10-13)26-18(28)11-27-12-25-22-20(23(27)29)19(15(3)30-22)16-7-5-4-6-8-16/h4-10,12H,11H2,1-3H3,(H,26,28). The number of amides is 1. The van der Waals surface area contributed by atoms with Crippen molar-refractivity contribution in [3.63, 3.8) is 0 Å². The molecule has 0 radical (unpaired) electrons. The molecule has 2 aromatic heterocycles. The number of hydrogen-bond donors (Lipinski definition) is 1. The summed E-state index contributed by atoms with van der Waals surface area (Å²) in [5.41, 5.74) is 4.05. The second kappa shape index (κ2) is 8.05. The highest BCUT2D eigenvalue weighted by molar-refractivity contribution is 7.19. The van der Waals surface area contributed by atoms with E-state index in [9.17, 15) is 9.59 Å². The van der Waals surface area contributed by atoms with E-state index in [2.05, 4.69) is 10.3 Å². The van der Waals surface area contributed by atoms with Gasteiger partial charge in [0.15, 0.2) is 0 Å². The van der Waals surface area contributed by atoms with Crippen LogP contribution in [0.1, 0.15) is 16.0 Å². The fraction of sp³-hybridized carbons (Fsp3) is 0.174. The first-order chi connectivity index (χ1) is 14.3. The van der Waals surface area contributed by atoms with Crippen molar-refractivity contribution < 1.29 is 4.79 Å². The number of aromatic nitrogens is 2. The molecule has 0 fully saturated rings. The van der Waals surface area contributed by atoms with E-state index in [1.165, 1.54) is 22.2 Å². The van der Waals surface area contributed by atoms with E-state index in [0.29, 0.717) is 20.9 Å². The lowest BCUT2D eigenvalue weighted by Crippen LogP contribution is -2.28. The molecular weight excluding hydrogens is 418 g/mol. The van der Waals surface area contributed by atoms with Crippen molar-refractivity contribution in [2.24, 2.45) is 0 Å². The molecule has 4 aromatic rings. The Balaban J connectivity index is 1.70. The predicted molar refractivity (Wildman–Crippen MR) is 124 cm³/mol. The van der Waals surface area contributed by atoms with E-state index in [0.717, 1.165) is 27.1 Å². The molecule has 1 N–H and O–H groups in total. The number of benzene rings is 2. The zero-order chi connectivity index (χ0) is 21.4. The molecule has 1 amide bonds. The molecule has 0 atom stereocenters. The number of anilines is 1. The number of aryl methyl sites for hydroxylation is 3. The number of carbonyl (C=O) groups excluding carboxylic acids is 1. The molecule has 4 rings (SSSR count). The molecule has 0 unspecified atom stereocenters. The second-order valence-corrected chi connectivity index (χ2v) is 8.85. The topological polar surface area (TPSA) is 64.0 Å². The van der Waals surface area contributed by atoms with E-state index in [1.807, 2.05) is 57.2 Å². The molecule has 2 heterocycles. The first-order valence-corrected chi connectivity index (χ1v) is 10.6. The molecule has 2 aromatic carbocycles. The van der Waals surface area contributed by atoms with Crippen molar-refractivity contribution in [3.8, 4) is 11.1 Å². The maximum absolute atomic E-state index is 13.2. The van der Waals surface area contributed by atoms with E-state index in [1.54, 1.807) is 6.07 Å². The van der Waals surface area contributed by atoms with Crippen molar-refractivity contribution in [2.45, 2.75) is 27.3 Å². The van der Waals surface area contributed by atoms with Gasteiger partial charge >= 0.3 is 0 Å². The third-order valence-electron chi connectivity index (χ3n) is 4.93. The highest BCUT2D eigenvalue weighted by Crippen LogP contribution is 2.35. The van der Waals surface area contributed by atoms with Crippen molar-refractivity contribution in [2.75, 3.05) is 5.32 Å². The van der Waals surface area contributed by atoms with Crippen LogP contribution in [0.25, 0.3) is 21.3 Å². The molecule has 0 saturated heterocycles. The maximum atomic E-state index is 13.2. The van der Waals surface area contributed by atoms with E-state index in [4.69, 9.17) is 11.6 Å². The van der Waals surface area contributed by atoms with E-state index < -0.39 is 0 Å². The summed E-state index contributed by atoms with van der Waals surface area (Å²) >= 11 is 7.77. The van der Waals surface area contributed by atoms with Gasteiger partial charge in [0.25, 0.3) is 5.56 Å². The molecule has 0 aliphatic heterocycles. The summed E-state index contributed by atoms with van der Waals surface area (Å²) in [4.78, 5) is 32.0. The fourth-order valence-corrected chi connectivity index (χ4v) is 4.98. The molecule has 30 heavy (non-hydrogen) atoms. The summed E-state index contributed by atoms with van der Waals surface area (Å²) in [6.45, 7) is 5.66. The van der Waals surface area contributed by atoms with Crippen LogP contribution in [0.2, 0.25) is 5.02 Å². The lowest BCUT2D eigenvalue weighted by molar-refractivity contribution is -0.116. The highest BCUT2D eigenvalue weighted by Gasteiger charge is 2.18. The van der Waals surface area contributed by atoms with Gasteiger partial charge in [0.05, 0.1) is 22.4 Å². The van der Waals surface area contributed by atoms with Crippen molar-refractivity contribution in [1.29, 1.82) is 0 Å². The van der Waals surface area contributed by atoms with Crippen molar-refractivity contribution >= 4 is 44.7 Å². The van der Waals surface area contributed by atoms with Crippen LogP contribution < -0.4 is 10.9 Å². The first kappa shape index (κ1) is 20.3. The van der Waals surface area contributed by atoms with Crippen LogP contribution in [0.15, 0.2) is 53.6 Å². The number of carbonyl (C=O) groups is 1. The molecule has 152 valence electrons. The fourth-order valence-electron chi connectivity index (χ4n) is 3.61. The number of rotatable bonds is 4.